The number of carboxylic acids is 1. The Morgan fingerprint density at radius 3 is 2.90 bits per heavy atom. The van der Waals surface area contributed by atoms with E-state index < -0.39 is 11.8 Å². The number of benzene rings is 1. The Labute approximate surface area is 117 Å². The first-order valence-corrected chi connectivity index (χ1v) is 5.97. The second kappa shape index (κ2) is 5.16. The van der Waals surface area contributed by atoms with Crippen LogP contribution in [0.3, 0.4) is 0 Å². The summed E-state index contributed by atoms with van der Waals surface area (Å²) in [5, 5.41) is 20.0. The van der Waals surface area contributed by atoms with E-state index in [1.807, 2.05) is 0 Å². The third kappa shape index (κ3) is 2.64. The van der Waals surface area contributed by atoms with Crippen LogP contribution in [0, 0.1) is 5.82 Å². The molecule has 0 radical (unpaired) electrons. The number of halogens is 1. The number of aromatic nitrogens is 4. The van der Waals surface area contributed by atoms with Crippen LogP contribution in [-0.4, -0.2) is 31.3 Å². The predicted octanol–water partition coefficient (Wildman–Crippen LogP) is 1.82. The molecule has 0 amide bonds. The molecule has 0 bridgehead atoms. The topological polar surface area (TPSA) is 94.0 Å². The molecule has 21 heavy (non-hydrogen) atoms. The standard InChI is InChI=1S/C13H9FN4O3/c14-9-3-1-2-8(6-9)12-15-16-17-18(12)7-10-4-5-11(21-10)13(19)20/h1-6H,7H2,(H,19,20). The molecule has 2 heterocycles. The summed E-state index contributed by atoms with van der Waals surface area (Å²) in [6, 6.07) is 8.75. The molecule has 0 spiro atoms. The number of tetrazole rings is 1. The van der Waals surface area contributed by atoms with Crippen molar-refractivity contribution in [3.8, 4) is 11.4 Å². The van der Waals surface area contributed by atoms with Crippen molar-refractivity contribution >= 4 is 5.97 Å². The van der Waals surface area contributed by atoms with Crippen molar-refractivity contribution in [1.29, 1.82) is 0 Å². The summed E-state index contributed by atoms with van der Waals surface area (Å²) in [7, 11) is 0. The second-order valence-corrected chi connectivity index (χ2v) is 4.24. The van der Waals surface area contributed by atoms with E-state index >= 15 is 0 Å². The van der Waals surface area contributed by atoms with Crippen LogP contribution >= 0.6 is 0 Å². The summed E-state index contributed by atoms with van der Waals surface area (Å²) in [6.07, 6.45) is 0. The minimum Gasteiger partial charge on any atom is -0.475 e. The summed E-state index contributed by atoms with van der Waals surface area (Å²) >= 11 is 0. The molecule has 1 aromatic carbocycles. The molecule has 7 nitrogen and oxygen atoms in total. The van der Waals surface area contributed by atoms with Crippen LogP contribution < -0.4 is 0 Å². The maximum Gasteiger partial charge on any atom is 0.371 e. The normalized spacial score (nSPS) is 10.7. The van der Waals surface area contributed by atoms with Crippen LogP contribution in [0.4, 0.5) is 4.39 Å². The number of rotatable bonds is 4. The summed E-state index contributed by atoms with van der Waals surface area (Å²) < 4.78 is 19.8. The molecule has 0 aliphatic carbocycles. The zero-order valence-corrected chi connectivity index (χ0v) is 10.6. The number of aromatic carboxylic acids is 1. The van der Waals surface area contributed by atoms with Gasteiger partial charge < -0.3 is 9.52 Å². The number of carbonyl (C=O) groups is 1. The van der Waals surface area contributed by atoms with Crippen molar-refractivity contribution in [3.05, 3.63) is 53.7 Å². The largest absolute Gasteiger partial charge is 0.475 e. The molecular weight excluding hydrogens is 279 g/mol. The van der Waals surface area contributed by atoms with Crippen LogP contribution in [0.1, 0.15) is 16.3 Å². The summed E-state index contributed by atoms with van der Waals surface area (Å²) in [4.78, 5) is 10.8. The van der Waals surface area contributed by atoms with Gasteiger partial charge in [0.05, 0.1) is 0 Å². The minimum atomic E-state index is -1.15. The Bertz CT molecular complexity index is 796. The molecule has 0 atom stereocenters. The van der Waals surface area contributed by atoms with E-state index in [0.29, 0.717) is 17.1 Å². The first-order valence-electron chi connectivity index (χ1n) is 5.97. The predicted molar refractivity (Wildman–Crippen MR) is 68.0 cm³/mol. The highest BCUT2D eigenvalue weighted by Crippen LogP contribution is 2.18. The van der Waals surface area contributed by atoms with Gasteiger partial charge in [0.25, 0.3) is 0 Å². The highest BCUT2D eigenvalue weighted by atomic mass is 19.1. The smallest absolute Gasteiger partial charge is 0.371 e. The lowest BCUT2D eigenvalue weighted by atomic mass is 10.2. The van der Waals surface area contributed by atoms with E-state index in [1.165, 1.54) is 28.9 Å². The minimum absolute atomic E-state index is 0.145. The van der Waals surface area contributed by atoms with Gasteiger partial charge >= 0.3 is 5.97 Å². The number of nitrogens with zero attached hydrogens (tertiary/aromatic N) is 4. The van der Waals surface area contributed by atoms with E-state index in [2.05, 4.69) is 15.5 Å². The second-order valence-electron chi connectivity index (χ2n) is 4.24. The number of furan rings is 1. The Kier molecular flexibility index (Phi) is 3.19. The number of hydrogen-bond acceptors (Lipinski definition) is 5. The van der Waals surface area contributed by atoms with Crippen LogP contribution in [0.2, 0.25) is 0 Å². The van der Waals surface area contributed by atoms with Gasteiger partial charge in [0, 0.05) is 5.56 Å². The van der Waals surface area contributed by atoms with Crippen molar-refractivity contribution in [3.63, 3.8) is 0 Å². The van der Waals surface area contributed by atoms with Crippen LogP contribution in [-0.2, 0) is 6.54 Å². The van der Waals surface area contributed by atoms with Crippen molar-refractivity contribution in [2.24, 2.45) is 0 Å². The van der Waals surface area contributed by atoms with Crippen LogP contribution in [0.25, 0.3) is 11.4 Å². The Balaban J connectivity index is 1.90. The van der Waals surface area contributed by atoms with Crippen LogP contribution in [0.15, 0.2) is 40.8 Å². The van der Waals surface area contributed by atoms with Gasteiger partial charge in [-0.3, -0.25) is 0 Å². The quantitative estimate of drug-likeness (QED) is 0.787. The third-order valence-corrected chi connectivity index (χ3v) is 2.79. The van der Waals surface area contributed by atoms with Crippen molar-refractivity contribution in [2.45, 2.75) is 6.54 Å². The number of hydrogen-bond donors (Lipinski definition) is 1. The summed E-state index contributed by atoms with van der Waals surface area (Å²) in [5.41, 5.74) is 0.519. The molecule has 0 aliphatic rings. The van der Waals surface area contributed by atoms with Gasteiger partial charge in [-0.15, -0.1) is 5.10 Å². The molecule has 0 aliphatic heterocycles. The summed E-state index contributed by atoms with van der Waals surface area (Å²) in [6.45, 7) is 0.145. The van der Waals surface area contributed by atoms with Gasteiger partial charge in [-0.1, -0.05) is 12.1 Å². The van der Waals surface area contributed by atoms with Gasteiger partial charge in [0.1, 0.15) is 18.1 Å². The zero-order valence-electron chi connectivity index (χ0n) is 10.6. The molecule has 0 saturated heterocycles. The molecule has 106 valence electrons. The Morgan fingerprint density at radius 1 is 1.33 bits per heavy atom. The SMILES string of the molecule is O=C(O)c1ccc(Cn2nnnc2-c2cccc(F)c2)o1. The fraction of sp³-hybridized carbons (Fsp3) is 0.0769. The zero-order chi connectivity index (χ0) is 14.8. The molecule has 0 unspecified atom stereocenters. The van der Waals surface area contributed by atoms with Gasteiger partial charge in [-0.25, -0.2) is 13.9 Å². The Morgan fingerprint density at radius 2 is 2.19 bits per heavy atom. The average Bonchev–Trinajstić information content (AvgIpc) is 3.08. The maximum atomic E-state index is 13.2. The highest BCUT2D eigenvalue weighted by molar-refractivity contribution is 5.84. The van der Waals surface area contributed by atoms with E-state index in [1.54, 1.807) is 12.1 Å². The fourth-order valence-electron chi connectivity index (χ4n) is 1.87. The van der Waals surface area contributed by atoms with Gasteiger partial charge in [0.15, 0.2) is 5.82 Å². The van der Waals surface area contributed by atoms with E-state index in [0.717, 1.165) is 0 Å². The first-order chi connectivity index (χ1) is 10.1. The van der Waals surface area contributed by atoms with E-state index in [-0.39, 0.29) is 12.3 Å². The molecule has 3 rings (SSSR count). The summed E-state index contributed by atoms with van der Waals surface area (Å²) in [5.74, 6) is -0.956. The monoisotopic (exact) mass is 288 g/mol. The third-order valence-electron chi connectivity index (χ3n) is 2.79. The average molecular weight is 288 g/mol. The van der Waals surface area contributed by atoms with Gasteiger partial charge in [0.2, 0.25) is 5.76 Å². The molecule has 8 heteroatoms. The molecule has 2 aromatic heterocycles. The van der Waals surface area contributed by atoms with Gasteiger partial charge in [-0.05, 0) is 34.7 Å². The van der Waals surface area contributed by atoms with Crippen molar-refractivity contribution in [2.75, 3.05) is 0 Å². The van der Waals surface area contributed by atoms with E-state index in [4.69, 9.17) is 9.52 Å². The fourth-order valence-corrected chi connectivity index (χ4v) is 1.87. The van der Waals surface area contributed by atoms with E-state index in [9.17, 15) is 9.18 Å². The molecule has 0 saturated carbocycles. The molecular formula is C13H9FN4O3. The number of carboxylic acid groups (broad SMARTS) is 1. The first kappa shape index (κ1) is 13.0. The lowest BCUT2D eigenvalue weighted by Crippen LogP contribution is -2.04. The lowest BCUT2D eigenvalue weighted by molar-refractivity contribution is 0.0660. The van der Waals surface area contributed by atoms with Crippen molar-refractivity contribution in [1.82, 2.24) is 20.2 Å². The highest BCUT2D eigenvalue weighted by Gasteiger charge is 2.13. The maximum absolute atomic E-state index is 13.2. The van der Waals surface area contributed by atoms with Crippen molar-refractivity contribution < 1.29 is 18.7 Å². The lowest BCUT2D eigenvalue weighted by Gasteiger charge is -2.02. The van der Waals surface area contributed by atoms with Gasteiger partial charge in [-0.2, -0.15) is 0 Å². The molecule has 3 aromatic rings. The van der Waals surface area contributed by atoms with Crippen LogP contribution in [0.5, 0.6) is 0 Å². The molecule has 0 fully saturated rings. The molecule has 1 N–H and O–H groups in total. The Hall–Kier alpha value is -3.03.